The van der Waals surface area contributed by atoms with Gasteiger partial charge in [-0.25, -0.2) is 0 Å². The fourth-order valence-electron chi connectivity index (χ4n) is 3.09. The van der Waals surface area contributed by atoms with E-state index in [4.69, 9.17) is 5.11 Å². The number of carboxylic acid groups (broad SMARTS) is 1. The number of nitrogens with zero attached hydrogens (tertiary/aromatic N) is 2. The fraction of sp³-hybridized carbons (Fsp3) is 0.786. The van der Waals surface area contributed by atoms with Gasteiger partial charge in [-0.05, 0) is 32.2 Å². The van der Waals surface area contributed by atoms with Crippen LogP contribution in [0.25, 0.3) is 0 Å². The largest absolute Gasteiger partial charge is 0.481 e. The Morgan fingerprint density at radius 1 is 1.33 bits per heavy atom. The van der Waals surface area contributed by atoms with Gasteiger partial charge in [-0.3, -0.25) is 9.69 Å². The number of hydrogen-bond acceptors (Lipinski definition) is 3. The van der Waals surface area contributed by atoms with Gasteiger partial charge in [0, 0.05) is 32.2 Å². The van der Waals surface area contributed by atoms with E-state index in [1.54, 1.807) is 0 Å². The van der Waals surface area contributed by atoms with Crippen LogP contribution in [0.5, 0.6) is 0 Å². The maximum Gasteiger partial charge on any atom is 0.304 e. The molecule has 0 spiro atoms. The molecule has 0 amide bonds. The number of carboxylic acids is 1. The molecule has 4 heteroatoms. The zero-order valence-electron chi connectivity index (χ0n) is 11.2. The van der Waals surface area contributed by atoms with Crippen LogP contribution in [0.4, 0.5) is 0 Å². The summed E-state index contributed by atoms with van der Waals surface area (Å²) in [4.78, 5) is 15.8. The molecule has 1 saturated heterocycles. The first-order valence-electron chi connectivity index (χ1n) is 6.96. The van der Waals surface area contributed by atoms with Gasteiger partial charge in [0.1, 0.15) is 0 Å². The average Bonchev–Trinajstić information content (AvgIpc) is 2.38. The minimum Gasteiger partial charge on any atom is -0.481 e. The Morgan fingerprint density at radius 3 is 2.61 bits per heavy atom. The lowest BCUT2D eigenvalue weighted by Gasteiger charge is -2.41. The van der Waals surface area contributed by atoms with Crippen LogP contribution in [0.1, 0.15) is 25.7 Å². The maximum absolute atomic E-state index is 11.1. The lowest BCUT2D eigenvalue weighted by Crippen LogP contribution is -2.52. The number of rotatable bonds is 4. The van der Waals surface area contributed by atoms with E-state index in [0.717, 1.165) is 45.4 Å². The van der Waals surface area contributed by atoms with E-state index >= 15 is 0 Å². The minimum atomic E-state index is -0.659. The molecule has 2 aliphatic rings. The zero-order valence-corrected chi connectivity index (χ0v) is 11.2. The summed E-state index contributed by atoms with van der Waals surface area (Å²) in [5.74, 6) is -0.136. The predicted octanol–water partition coefficient (Wildman–Crippen LogP) is 1.43. The first-order chi connectivity index (χ1) is 8.66. The fourth-order valence-corrected chi connectivity index (χ4v) is 3.09. The molecule has 2 unspecified atom stereocenters. The van der Waals surface area contributed by atoms with Crippen molar-refractivity contribution < 1.29 is 9.90 Å². The molecule has 0 aromatic carbocycles. The van der Waals surface area contributed by atoms with Gasteiger partial charge in [-0.15, -0.1) is 0 Å². The molecule has 4 nitrogen and oxygen atoms in total. The molecule has 1 aliphatic heterocycles. The van der Waals surface area contributed by atoms with Crippen molar-refractivity contribution >= 4 is 5.97 Å². The summed E-state index contributed by atoms with van der Waals surface area (Å²) in [7, 11) is 2.13. The zero-order chi connectivity index (χ0) is 13.0. The van der Waals surface area contributed by atoms with Gasteiger partial charge in [-0.2, -0.15) is 0 Å². The van der Waals surface area contributed by atoms with Crippen molar-refractivity contribution in [2.45, 2.75) is 31.7 Å². The molecule has 1 aliphatic carbocycles. The summed E-state index contributed by atoms with van der Waals surface area (Å²) in [6.07, 6.45) is 8.03. The molecule has 0 radical (unpaired) electrons. The Morgan fingerprint density at radius 2 is 2.06 bits per heavy atom. The molecule has 2 rings (SSSR count). The molecule has 1 heterocycles. The molecule has 1 fully saturated rings. The van der Waals surface area contributed by atoms with Crippen LogP contribution in [-0.2, 0) is 4.79 Å². The van der Waals surface area contributed by atoms with Crippen LogP contribution in [0.3, 0.4) is 0 Å². The molecule has 0 aromatic heterocycles. The smallest absolute Gasteiger partial charge is 0.304 e. The van der Waals surface area contributed by atoms with E-state index in [-0.39, 0.29) is 6.04 Å². The Hall–Kier alpha value is -0.870. The Kier molecular flexibility index (Phi) is 4.78. The number of likely N-dealkylation sites (N-methyl/N-ethyl adjacent to an activating group) is 1. The van der Waals surface area contributed by atoms with Crippen molar-refractivity contribution in [3.05, 3.63) is 12.2 Å². The van der Waals surface area contributed by atoms with Gasteiger partial charge in [0.05, 0.1) is 6.42 Å². The standard InChI is InChI=1S/C14H24N2O2/c1-15-7-9-16(10-8-15)13(11-14(17)18)12-5-3-2-4-6-12/h2-3,12-13H,4-11H2,1H3,(H,17,18). The Labute approximate surface area is 109 Å². The molecule has 0 aromatic rings. The van der Waals surface area contributed by atoms with Crippen LogP contribution in [-0.4, -0.2) is 60.1 Å². The predicted molar refractivity (Wildman–Crippen MR) is 71.6 cm³/mol. The lowest BCUT2D eigenvalue weighted by atomic mass is 9.85. The third kappa shape index (κ3) is 3.56. The van der Waals surface area contributed by atoms with E-state index in [9.17, 15) is 4.79 Å². The van der Waals surface area contributed by atoms with Gasteiger partial charge < -0.3 is 10.0 Å². The monoisotopic (exact) mass is 252 g/mol. The van der Waals surface area contributed by atoms with Crippen molar-refractivity contribution in [2.24, 2.45) is 5.92 Å². The van der Waals surface area contributed by atoms with Crippen molar-refractivity contribution in [1.82, 2.24) is 9.80 Å². The first-order valence-corrected chi connectivity index (χ1v) is 6.96. The third-order valence-electron chi connectivity index (χ3n) is 4.24. The molecular weight excluding hydrogens is 228 g/mol. The van der Waals surface area contributed by atoms with E-state index in [0.29, 0.717) is 12.3 Å². The minimum absolute atomic E-state index is 0.223. The van der Waals surface area contributed by atoms with Crippen LogP contribution in [0, 0.1) is 5.92 Å². The van der Waals surface area contributed by atoms with E-state index in [1.165, 1.54) is 0 Å². The first kappa shape index (κ1) is 13.6. The summed E-state index contributed by atoms with van der Waals surface area (Å²) >= 11 is 0. The quantitative estimate of drug-likeness (QED) is 0.769. The van der Waals surface area contributed by atoms with Gasteiger partial charge in [-0.1, -0.05) is 12.2 Å². The van der Waals surface area contributed by atoms with Gasteiger partial charge in [0.25, 0.3) is 0 Å². The lowest BCUT2D eigenvalue weighted by molar-refractivity contribution is -0.139. The van der Waals surface area contributed by atoms with Crippen LogP contribution in [0.2, 0.25) is 0 Å². The number of aliphatic carboxylic acids is 1. The van der Waals surface area contributed by atoms with Crippen molar-refractivity contribution in [2.75, 3.05) is 33.2 Å². The van der Waals surface area contributed by atoms with E-state index in [1.807, 2.05) is 0 Å². The molecule has 18 heavy (non-hydrogen) atoms. The second-order valence-electron chi connectivity index (χ2n) is 5.55. The number of piperazine rings is 1. The van der Waals surface area contributed by atoms with Gasteiger partial charge in [0.15, 0.2) is 0 Å². The number of hydrogen-bond donors (Lipinski definition) is 1. The van der Waals surface area contributed by atoms with Crippen molar-refractivity contribution in [1.29, 1.82) is 0 Å². The topological polar surface area (TPSA) is 43.8 Å². The van der Waals surface area contributed by atoms with Crippen molar-refractivity contribution in [3.63, 3.8) is 0 Å². The molecule has 0 bridgehead atoms. The summed E-state index contributed by atoms with van der Waals surface area (Å²) in [5.41, 5.74) is 0. The normalized spacial score (nSPS) is 28.2. The van der Waals surface area contributed by atoms with Gasteiger partial charge in [0.2, 0.25) is 0 Å². The van der Waals surface area contributed by atoms with E-state index < -0.39 is 5.97 Å². The van der Waals surface area contributed by atoms with Crippen LogP contribution >= 0.6 is 0 Å². The maximum atomic E-state index is 11.1. The summed E-state index contributed by atoms with van der Waals surface area (Å²) in [5, 5.41) is 9.14. The second kappa shape index (κ2) is 6.34. The summed E-state index contributed by atoms with van der Waals surface area (Å²) in [6, 6.07) is 0.223. The number of allylic oxidation sites excluding steroid dienone is 2. The molecule has 1 N–H and O–H groups in total. The third-order valence-corrected chi connectivity index (χ3v) is 4.24. The van der Waals surface area contributed by atoms with Crippen LogP contribution < -0.4 is 0 Å². The highest BCUT2D eigenvalue weighted by Gasteiger charge is 2.30. The summed E-state index contributed by atoms with van der Waals surface area (Å²) in [6.45, 7) is 4.13. The molecular formula is C14H24N2O2. The second-order valence-corrected chi connectivity index (χ2v) is 5.55. The Bertz CT molecular complexity index is 309. The summed E-state index contributed by atoms with van der Waals surface area (Å²) < 4.78 is 0. The highest BCUT2D eigenvalue weighted by molar-refractivity contribution is 5.67. The average molecular weight is 252 g/mol. The van der Waals surface area contributed by atoms with E-state index in [2.05, 4.69) is 29.0 Å². The molecule has 102 valence electrons. The molecule has 2 atom stereocenters. The highest BCUT2D eigenvalue weighted by atomic mass is 16.4. The van der Waals surface area contributed by atoms with Gasteiger partial charge >= 0.3 is 5.97 Å². The Balaban J connectivity index is 1.99. The number of carbonyl (C=O) groups is 1. The molecule has 0 saturated carbocycles. The van der Waals surface area contributed by atoms with Crippen LogP contribution in [0.15, 0.2) is 12.2 Å². The SMILES string of the molecule is CN1CCN(C(CC(=O)O)C2CC=CCC2)CC1. The van der Waals surface area contributed by atoms with Crippen molar-refractivity contribution in [3.8, 4) is 0 Å². The highest BCUT2D eigenvalue weighted by Crippen LogP contribution is 2.27.